The van der Waals surface area contributed by atoms with E-state index in [1.54, 1.807) is 9.80 Å². The Morgan fingerprint density at radius 3 is 1.89 bits per heavy atom. The minimum Gasteiger partial charge on any atom is -0.445 e. The highest BCUT2D eigenvalue weighted by atomic mass is 32.1. The lowest BCUT2D eigenvalue weighted by molar-refractivity contribution is -0.385. The van der Waals surface area contributed by atoms with Gasteiger partial charge in [0, 0.05) is 75.2 Å². The minimum atomic E-state index is -0.750. The molecule has 4 amide bonds. The number of rotatable bonds is 11. The first kappa shape index (κ1) is 34.0. The number of nitrogens with one attached hydrogen (secondary N) is 1. The van der Waals surface area contributed by atoms with Crippen molar-refractivity contribution < 1.29 is 38.5 Å². The third-order valence-electron chi connectivity index (χ3n) is 7.61. The highest BCUT2D eigenvalue weighted by molar-refractivity contribution is 7.81. The van der Waals surface area contributed by atoms with Gasteiger partial charge in [-0.05, 0) is 48.2 Å². The molecule has 2 saturated heterocycles. The summed E-state index contributed by atoms with van der Waals surface area (Å²) in [7, 11) is 0. The average molecular weight is 659 g/mol. The molecule has 246 valence electrons. The Labute approximate surface area is 269 Å². The third-order valence-corrected chi connectivity index (χ3v) is 7.98. The van der Waals surface area contributed by atoms with Gasteiger partial charge in [0.2, 0.25) is 11.8 Å². The second-order valence-corrected chi connectivity index (χ2v) is 11.5. The summed E-state index contributed by atoms with van der Waals surface area (Å²) < 4.78 is 10.5. The standard InChI is InChI=1S/C29H34N6O10S/c36-26(2-1-11-30-28(38)44-18-20-3-7-22(8-4-20)34(40)41)31-12-14-32(15-13-31)27(37)25-16-24(46)17-33(25)29(39)45-19-21-5-9-23(10-6-21)35(42)43/h3-10,24-25,46H,1-2,11-19H2,(H,30,38)/t24-,25-/m0/s1. The number of benzene rings is 2. The topological polar surface area (TPSA) is 195 Å². The van der Waals surface area contributed by atoms with Gasteiger partial charge in [0.15, 0.2) is 0 Å². The molecule has 0 aliphatic carbocycles. The van der Waals surface area contributed by atoms with Gasteiger partial charge in [-0.2, -0.15) is 12.6 Å². The number of amides is 4. The molecule has 0 spiro atoms. The van der Waals surface area contributed by atoms with Crippen LogP contribution in [0.2, 0.25) is 0 Å². The van der Waals surface area contributed by atoms with Gasteiger partial charge in [-0.1, -0.05) is 0 Å². The Morgan fingerprint density at radius 1 is 0.826 bits per heavy atom. The normalized spacial score (nSPS) is 17.7. The first-order chi connectivity index (χ1) is 22.0. The molecule has 2 atom stereocenters. The Kier molecular flexibility index (Phi) is 11.7. The molecule has 0 saturated carbocycles. The number of thiol groups is 1. The van der Waals surface area contributed by atoms with E-state index >= 15 is 0 Å². The zero-order valence-corrected chi connectivity index (χ0v) is 25.7. The molecular formula is C29H34N6O10S. The van der Waals surface area contributed by atoms with Gasteiger partial charge in [-0.25, -0.2) is 9.59 Å². The molecule has 2 heterocycles. The monoisotopic (exact) mass is 658 g/mol. The van der Waals surface area contributed by atoms with Crippen LogP contribution < -0.4 is 5.32 Å². The Hall–Kier alpha value is -4.93. The highest BCUT2D eigenvalue weighted by Crippen LogP contribution is 2.25. The van der Waals surface area contributed by atoms with Crippen molar-refractivity contribution in [3.63, 3.8) is 0 Å². The maximum Gasteiger partial charge on any atom is 0.410 e. The summed E-state index contributed by atoms with van der Waals surface area (Å²) in [5.74, 6) is -0.353. The Balaban J connectivity index is 1.14. The van der Waals surface area contributed by atoms with Gasteiger partial charge < -0.3 is 24.6 Å². The zero-order chi connectivity index (χ0) is 33.2. The summed E-state index contributed by atoms with van der Waals surface area (Å²) in [6, 6.07) is 10.5. The van der Waals surface area contributed by atoms with Crippen molar-refractivity contribution in [3.05, 3.63) is 79.9 Å². The summed E-state index contributed by atoms with van der Waals surface area (Å²) in [6.45, 7) is 1.55. The van der Waals surface area contributed by atoms with Crippen LogP contribution in [0.15, 0.2) is 48.5 Å². The van der Waals surface area contributed by atoms with Crippen molar-refractivity contribution in [1.82, 2.24) is 20.0 Å². The van der Waals surface area contributed by atoms with E-state index in [1.807, 2.05) is 0 Å². The summed E-state index contributed by atoms with van der Waals surface area (Å²) >= 11 is 4.47. The number of piperazine rings is 1. The number of hydrogen-bond acceptors (Lipinski definition) is 11. The number of nitrogens with zero attached hydrogens (tertiary/aromatic N) is 5. The maximum atomic E-state index is 13.4. The van der Waals surface area contributed by atoms with Crippen molar-refractivity contribution in [1.29, 1.82) is 0 Å². The average Bonchev–Trinajstić information content (AvgIpc) is 3.46. The smallest absolute Gasteiger partial charge is 0.410 e. The molecule has 2 aromatic carbocycles. The van der Waals surface area contributed by atoms with Crippen LogP contribution in [0.1, 0.15) is 30.4 Å². The minimum absolute atomic E-state index is 0.0532. The van der Waals surface area contributed by atoms with E-state index < -0.39 is 28.1 Å². The SMILES string of the molecule is O=C(NCCCC(=O)N1CCN(C(=O)[C@@H]2C[C@H](S)CN2C(=O)OCc2ccc([N+](=O)[O-])cc2)CC1)OCc1ccc([N+](=O)[O-])cc1. The second kappa shape index (κ2) is 15.9. The predicted octanol–water partition coefficient (Wildman–Crippen LogP) is 2.89. The van der Waals surface area contributed by atoms with Crippen molar-refractivity contribution in [2.24, 2.45) is 0 Å². The van der Waals surface area contributed by atoms with Crippen LogP contribution in [-0.2, 0) is 32.3 Å². The molecular weight excluding hydrogens is 624 g/mol. The molecule has 2 fully saturated rings. The van der Waals surface area contributed by atoms with Crippen LogP contribution in [0, 0.1) is 20.2 Å². The van der Waals surface area contributed by atoms with Gasteiger partial charge in [0.05, 0.1) is 9.85 Å². The van der Waals surface area contributed by atoms with Gasteiger partial charge >= 0.3 is 12.2 Å². The molecule has 2 aliphatic heterocycles. The molecule has 2 aliphatic rings. The fraction of sp³-hybridized carbons (Fsp3) is 0.448. The first-order valence-corrected chi connectivity index (χ1v) is 15.1. The zero-order valence-electron chi connectivity index (χ0n) is 24.8. The van der Waals surface area contributed by atoms with Crippen molar-refractivity contribution in [2.45, 2.75) is 43.8 Å². The van der Waals surface area contributed by atoms with Crippen molar-refractivity contribution in [3.8, 4) is 0 Å². The van der Waals surface area contributed by atoms with E-state index in [0.29, 0.717) is 50.1 Å². The molecule has 4 rings (SSSR count). The molecule has 16 nitrogen and oxygen atoms in total. The number of nitro benzene ring substituents is 2. The lowest BCUT2D eigenvalue weighted by Crippen LogP contribution is -2.55. The van der Waals surface area contributed by atoms with Crippen LogP contribution in [0.25, 0.3) is 0 Å². The molecule has 0 aromatic heterocycles. The molecule has 0 bridgehead atoms. The lowest BCUT2D eigenvalue weighted by Gasteiger charge is -2.37. The quantitative estimate of drug-likeness (QED) is 0.157. The molecule has 46 heavy (non-hydrogen) atoms. The number of ether oxygens (including phenoxy) is 2. The van der Waals surface area contributed by atoms with Crippen LogP contribution >= 0.6 is 12.6 Å². The van der Waals surface area contributed by atoms with Gasteiger partial charge in [0.25, 0.3) is 11.4 Å². The van der Waals surface area contributed by atoms with E-state index in [0.717, 1.165) is 0 Å². The third kappa shape index (κ3) is 9.29. The van der Waals surface area contributed by atoms with E-state index in [4.69, 9.17) is 9.47 Å². The van der Waals surface area contributed by atoms with Gasteiger partial charge in [0.1, 0.15) is 19.3 Å². The molecule has 17 heteroatoms. The number of carbonyl (C=O) groups excluding carboxylic acids is 4. The number of hydrogen-bond donors (Lipinski definition) is 2. The number of nitro groups is 2. The van der Waals surface area contributed by atoms with E-state index in [9.17, 15) is 39.4 Å². The molecule has 2 aromatic rings. The molecule has 0 radical (unpaired) electrons. The maximum absolute atomic E-state index is 13.4. The first-order valence-electron chi connectivity index (χ1n) is 14.6. The number of alkyl carbamates (subject to hydrolysis) is 1. The second-order valence-electron chi connectivity index (χ2n) is 10.8. The van der Waals surface area contributed by atoms with Crippen molar-refractivity contribution in [2.75, 3.05) is 39.3 Å². The number of non-ortho nitro benzene ring substituents is 2. The van der Waals surface area contributed by atoms with Crippen LogP contribution in [-0.4, -0.2) is 99.1 Å². The summed E-state index contributed by atoms with van der Waals surface area (Å²) in [6.07, 6.45) is -0.415. The molecule has 0 unspecified atom stereocenters. The Morgan fingerprint density at radius 2 is 1.35 bits per heavy atom. The summed E-state index contributed by atoms with van der Waals surface area (Å²) in [5.41, 5.74) is 1.03. The van der Waals surface area contributed by atoms with Crippen LogP contribution in [0.4, 0.5) is 21.0 Å². The van der Waals surface area contributed by atoms with Gasteiger partial charge in [-0.3, -0.25) is 34.7 Å². The fourth-order valence-corrected chi connectivity index (χ4v) is 5.46. The van der Waals surface area contributed by atoms with E-state index in [1.165, 1.54) is 53.4 Å². The lowest BCUT2D eigenvalue weighted by atomic mass is 10.1. The highest BCUT2D eigenvalue weighted by Gasteiger charge is 2.41. The summed E-state index contributed by atoms with van der Waals surface area (Å²) in [4.78, 5) is 76.0. The van der Waals surface area contributed by atoms with Crippen LogP contribution in [0.5, 0.6) is 0 Å². The number of carbonyl (C=O) groups is 4. The van der Waals surface area contributed by atoms with Crippen molar-refractivity contribution >= 4 is 48.0 Å². The van der Waals surface area contributed by atoms with E-state index in [2.05, 4.69) is 17.9 Å². The molecule has 1 N–H and O–H groups in total. The van der Waals surface area contributed by atoms with Crippen LogP contribution in [0.3, 0.4) is 0 Å². The summed E-state index contributed by atoms with van der Waals surface area (Å²) in [5, 5.41) is 23.9. The Bertz CT molecular complexity index is 1430. The van der Waals surface area contributed by atoms with Gasteiger partial charge in [-0.15, -0.1) is 0 Å². The fourth-order valence-electron chi connectivity index (χ4n) is 5.08. The van der Waals surface area contributed by atoms with E-state index in [-0.39, 0.29) is 61.2 Å². The predicted molar refractivity (Wildman–Crippen MR) is 165 cm³/mol. The number of likely N-dealkylation sites (tertiary alicyclic amines) is 1. The largest absolute Gasteiger partial charge is 0.445 e.